The second-order valence-corrected chi connectivity index (χ2v) is 5.62. The molecule has 1 aliphatic heterocycles. The molecule has 0 unspecified atom stereocenters. The quantitative estimate of drug-likeness (QED) is 0.554. The monoisotopic (exact) mass is 342 g/mol. The Kier molecular flexibility index (Phi) is 8.61. The Morgan fingerprint density at radius 1 is 1.17 bits per heavy atom. The lowest BCUT2D eigenvalue weighted by atomic mass is 10.0. The number of hydrogen-bond acceptors (Lipinski definition) is 4. The fraction of sp³-hybridized carbons (Fsp3) is 0.500. The molecule has 23 heavy (non-hydrogen) atoms. The van der Waals surface area contributed by atoms with E-state index in [-0.39, 0.29) is 12.8 Å². The van der Waals surface area contributed by atoms with Crippen molar-refractivity contribution in [2.24, 2.45) is 5.73 Å². The number of nitrogens with zero attached hydrogens (tertiary/aromatic N) is 1. The summed E-state index contributed by atoms with van der Waals surface area (Å²) in [4.78, 5) is 22.2. The van der Waals surface area contributed by atoms with E-state index in [1.165, 1.54) is 11.1 Å². The van der Waals surface area contributed by atoms with Gasteiger partial charge in [-0.1, -0.05) is 24.3 Å². The minimum Gasteiger partial charge on any atom is -0.481 e. The molecule has 6 nitrogen and oxygen atoms in total. The summed E-state index contributed by atoms with van der Waals surface area (Å²) in [6.45, 7) is 2.20. The largest absolute Gasteiger partial charge is 0.481 e. The molecule has 7 heteroatoms. The molecule has 0 bridgehead atoms. The molecular formula is C16H23ClN2O4. The third-order valence-electron chi connectivity index (χ3n) is 3.67. The number of nitrogens with two attached hydrogens (primary N) is 1. The summed E-state index contributed by atoms with van der Waals surface area (Å²) in [5, 5.41) is 16.3. The van der Waals surface area contributed by atoms with E-state index in [0.29, 0.717) is 6.00 Å². The number of benzene rings is 1. The van der Waals surface area contributed by atoms with Crippen LogP contribution in [-0.2, 0) is 22.4 Å². The van der Waals surface area contributed by atoms with E-state index in [1.54, 1.807) is 0 Å². The van der Waals surface area contributed by atoms with Crippen LogP contribution in [0, 0.1) is 0 Å². The number of halogens is 1. The van der Waals surface area contributed by atoms with Crippen LogP contribution >= 0.6 is 11.6 Å². The molecule has 0 spiro atoms. The number of fused-ring (bicyclic) bond motifs is 1. The van der Waals surface area contributed by atoms with E-state index in [4.69, 9.17) is 27.5 Å². The van der Waals surface area contributed by atoms with Gasteiger partial charge in [0.15, 0.2) is 0 Å². The van der Waals surface area contributed by atoms with Crippen molar-refractivity contribution in [2.75, 3.05) is 19.1 Å². The van der Waals surface area contributed by atoms with E-state index in [1.807, 2.05) is 0 Å². The molecule has 1 heterocycles. The van der Waals surface area contributed by atoms with Gasteiger partial charge < -0.3 is 15.9 Å². The first kappa shape index (κ1) is 19.4. The number of rotatable bonds is 5. The molecule has 0 saturated heterocycles. The topological polar surface area (TPSA) is 104 Å². The highest BCUT2D eigenvalue weighted by Crippen LogP contribution is 2.15. The zero-order valence-electron chi connectivity index (χ0n) is 12.9. The van der Waals surface area contributed by atoms with Crippen LogP contribution in [0.1, 0.15) is 24.0 Å². The summed E-state index contributed by atoms with van der Waals surface area (Å²) < 4.78 is 0. The average Bonchev–Trinajstić information content (AvgIpc) is 2.75. The first-order valence-electron chi connectivity index (χ1n) is 7.49. The molecule has 0 aliphatic carbocycles. The summed E-state index contributed by atoms with van der Waals surface area (Å²) in [5.74, 6) is -2.20. The number of hydrogen-bond donors (Lipinski definition) is 3. The van der Waals surface area contributed by atoms with E-state index in [2.05, 4.69) is 29.2 Å². The van der Waals surface area contributed by atoms with Crippen LogP contribution in [0.15, 0.2) is 24.3 Å². The number of aliphatic carboxylic acids is 2. The van der Waals surface area contributed by atoms with E-state index in [0.717, 1.165) is 25.9 Å². The zero-order chi connectivity index (χ0) is 17.2. The Labute approximate surface area is 140 Å². The van der Waals surface area contributed by atoms with Crippen molar-refractivity contribution >= 4 is 23.5 Å². The summed E-state index contributed by atoms with van der Waals surface area (Å²) in [6, 6.07) is 8.30. The van der Waals surface area contributed by atoms with Crippen molar-refractivity contribution in [3.05, 3.63) is 35.4 Å². The summed E-state index contributed by atoms with van der Waals surface area (Å²) in [7, 11) is 0. The van der Waals surface area contributed by atoms with Crippen LogP contribution in [0.5, 0.6) is 0 Å². The van der Waals surface area contributed by atoms with Gasteiger partial charge in [-0.15, -0.1) is 11.6 Å². The van der Waals surface area contributed by atoms with Crippen molar-refractivity contribution in [2.45, 2.75) is 31.7 Å². The molecule has 0 radical (unpaired) electrons. The van der Waals surface area contributed by atoms with Crippen molar-refractivity contribution in [1.82, 2.24) is 4.90 Å². The van der Waals surface area contributed by atoms with E-state index in [9.17, 15) is 9.59 Å². The van der Waals surface area contributed by atoms with Gasteiger partial charge in [-0.05, 0) is 30.4 Å². The molecular weight excluding hydrogens is 320 g/mol. The highest BCUT2D eigenvalue weighted by atomic mass is 35.5. The highest BCUT2D eigenvalue weighted by molar-refractivity contribution is 6.17. The lowest BCUT2D eigenvalue weighted by molar-refractivity contribution is -0.139. The van der Waals surface area contributed by atoms with E-state index < -0.39 is 18.0 Å². The van der Waals surface area contributed by atoms with Crippen molar-refractivity contribution < 1.29 is 19.8 Å². The predicted molar refractivity (Wildman–Crippen MR) is 88.6 cm³/mol. The second-order valence-electron chi connectivity index (χ2n) is 5.38. The SMILES string of the molecule is ClCN1CCc2ccccc2CC1.N[C@@H](CCC(=O)O)C(=O)O. The first-order chi connectivity index (χ1) is 10.9. The number of carboxylic acid groups (broad SMARTS) is 2. The van der Waals surface area contributed by atoms with Gasteiger partial charge in [0.1, 0.15) is 6.04 Å². The maximum absolute atomic E-state index is 9.99. The fourth-order valence-corrected chi connectivity index (χ4v) is 2.48. The Morgan fingerprint density at radius 3 is 2.09 bits per heavy atom. The molecule has 1 atom stereocenters. The Balaban J connectivity index is 0.000000241. The van der Waals surface area contributed by atoms with Gasteiger partial charge in [0.25, 0.3) is 0 Å². The van der Waals surface area contributed by atoms with Gasteiger partial charge in [-0.2, -0.15) is 0 Å². The van der Waals surface area contributed by atoms with Crippen LogP contribution in [0.2, 0.25) is 0 Å². The molecule has 2 rings (SSSR count). The normalized spacial score (nSPS) is 15.6. The predicted octanol–water partition coefficient (Wildman–Crippen LogP) is 1.55. The number of alkyl halides is 1. The van der Waals surface area contributed by atoms with Crippen LogP contribution in [0.4, 0.5) is 0 Å². The smallest absolute Gasteiger partial charge is 0.320 e. The molecule has 0 aromatic heterocycles. The summed E-state index contributed by atoms with van der Waals surface area (Å²) in [5.41, 5.74) is 7.99. The van der Waals surface area contributed by atoms with Crippen LogP contribution in [0.3, 0.4) is 0 Å². The summed E-state index contributed by atoms with van der Waals surface area (Å²) in [6.07, 6.45) is 2.06. The lowest BCUT2D eigenvalue weighted by Crippen LogP contribution is -2.30. The van der Waals surface area contributed by atoms with Gasteiger partial charge in [-0.25, -0.2) is 0 Å². The van der Waals surface area contributed by atoms with Crippen molar-refractivity contribution in [3.8, 4) is 0 Å². The number of carboxylic acids is 2. The molecule has 4 N–H and O–H groups in total. The van der Waals surface area contributed by atoms with Gasteiger partial charge in [0.2, 0.25) is 0 Å². The third-order valence-corrected chi connectivity index (χ3v) is 4.01. The zero-order valence-corrected chi connectivity index (χ0v) is 13.7. The lowest BCUT2D eigenvalue weighted by Gasteiger charge is -2.14. The van der Waals surface area contributed by atoms with Gasteiger partial charge in [-0.3, -0.25) is 14.5 Å². The molecule has 0 saturated carbocycles. The summed E-state index contributed by atoms with van der Waals surface area (Å²) >= 11 is 5.82. The van der Waals surface area contributed by atoms with Gasteiger partial charge in [0.05, 0.1) is 6.00 Å². The molecule has 0 fully saturated rings. The standard InChI is InChI=1S/C11H14ClN.C5H9NO4/c12-9-13-7-5-10-3-1-2-4-11(10)6-8-13;6-3(5(9)10)1-2-4(7)8/h1-4H,5-9H2;3H,1-2,6H2,(H,7,8)(H,9,10)/t;3-/m.0/s1. The molecule has 128 valence electrons. The van der Waals surface area contributed by atoms with Crippen LogP contribution in [0.25, 0.3) is 0 Å². The molecule has 1 aromatic rings. The van der Waals surface area contributed by atoms with Gasteiger partial charge >= 0.3 is 11.9 Å². The highest BCUT2D eigenvalue weighted by Gasteiger charge is 2.12. The fourth-order valence-electron chi connectivity index (χ4n) is 2.24. The van der Waals surface area contributed by atoms with E-state index >= 15 is 0 Å². The van der Waals surface area contributed by atoms with Crippen molar-refractivity contribution in [1.29, 1.82) is 0 Å². The maximum Gasteiger partial charge on any atom is 0.320 e. The first-order valence-corrected chi connectivity index (χ1v) is 8.02. The second kappa shape index (κ2) is 10.2. The van der Waals surface area contributed by atoms with Crippen LogP contribution < -0.4 is 5.73 Å². The number of carbonyl (C=O) groups is 2. The van der Waals surface area contributed by atoms with Gasteiger partial charge in [0, 0.05) is 19.5 Å². The average molecular weight is 343 g/mol. The Bertz CT molecular complexity index is 498. The Hall–Kier alpha value is -1.63. The van der Waals surface area contributed by atoms with Crippen LogP contribution in [-0.4, -0.2) is 52.2 Å². The minimum absolute atomic E-state index is 0.0231. The maximum atomic E-state index is 9.99. The minimum atomic E-state index is -1.17. The molecule has 1 aliphatic rings. The van der Waals surface area contributed by atoms with Crippen molar-refractivity contribution in [3.63, 3.8) is 0 Å². The Morgan fingerprint density at radius 2 is 1.70 bits per heavy atom. The molecule has 0 amide bonds. The third kappa shape index (κ3) is 7.45. The molecule has 1 aromatic carbocycles.